The number of hydrogen-bond acceptors (Lipinski definition) is 5. The third-order valence-electron chi connectivity index (χ3n) is 4.31. The zero-order valence-corrected chi connectivity index (χ0v) is 14.4. The molecule has 1 aliphatic carbocycles. The van der Waals surface area contributed by atoms with Gasteiger partial charge in [-0.2, -0.15) is 5.26 Å². The lowest BCUT2D eigenvalue weighted by atomic mass is 9.93. The number of nitrogens with zero attached hydrogens (tertiary/aromatic N) is 2. The molecule has 26 heavy (non-hydrogen) atoms. The van der Waals surface area contributed by atoms with E-state index in [1.807, 2.05) is 36.4 Å². The average molecular weight is 351 g/mol. The molecule has 1 N–H and O–H groups in total. The van der Waals surface area contributed by atoms with Gasteiger partial charge in [0.05, 0.1) is 5.56 Å². The Morgan fingerprint density at radius 2 is 1.92 bits per heavy atom. The summed E-state index contributed by atoms with van der Waals surface area (Å²) in [5.74, 6) is 1.12. The van der Waals surface area contributed by atoms with Gasteiger partial charge in [-0.15, -0.1) is 0 Å². The maximum absolute atomic E-state index is 12.0. The summed E-state index contributed by atoms with van der Waals surface area (Å²) in [5.41, 5.74) is 0.515. The van der Waals surface area contributed by atoms with Crippen molar-refractivity contribution in [1.29, 1.82) is 5.26 Å². The first-order valence-corrected chi connectivity index (χ1v) is 8.73. The number of ether oxygens (including phenoxy) is 2. The van der Waals surface area contributed by atoms with Crippen molar-refractivity contribution < 1.29 is 14.3 Å². The zero-order chi connectivity index (χ0) is 18.2. The van der Waals surface area contributed by atoms with Crippen LogP contribution in [0.25, 0.3) is 0 Å². The average Bonchev–Trinajstić information content (AvgIpc) is 2.69. The first-order chi connectivity index (χ1) is 12.7. The number of pyridine rings is 1. The number of nitriles is 1. The highest BCUT2D eigenvalue weighted by Crippen LogP contribution is 2.23. The fourth-order valence-corrected chi connectivity index (χ4v) is 2.95. The molecular weight excluding hydrogens is 330 g/mol. The second kappa shape index (κ2) is 8.86. The fourth-order valence-electron chi connectivity index (χ4n) is 2.95. The van der Waals surface area contributed by atoms with Crippen LogP contribution in [-0.4, -0.2) is 29.6 Å². The van der Waals surface area contributed by atoms with Crippen LogP contribution in [0.5, 0.6) is 11.6 Å². The number of carbonyl (C=O) groups is 1. The molecule has 0 spiro atoms. The minimum absolute atomic E-state index is 0.0234. The number of para-hydroxylation sites is 1. The lowest BCUT2D eigenvalue weighted by Gasteiger charge is -2.29. The topological polar surface area (TPSA) is 84.2 Å². The van der Waals surface area contributed by atoms with Gasteiger partial charge in [-0.3, -0.25) is 4.79 Å². The van der Waals surface area contributed by atoms with Crippen LogP contribution in [0.15, 0.2) is 48.7 Å². The van der Waals surface area contributed by atoms with Crippen LogP contribution in [0.1, 0.15) is 31.2 Å². The van der Waals surface area contributed by atoms with Crippen LogP contribution >= 0.6 is 0 Å². The third-order valence-corrected chi connectivity index (χ3v) is 4.31. The number of nitrogens with one attached hydrogen (secondary N) is 1. The molecule has 1 amide bonds. The van der Waals surface area contributed by atoms with Crippen LogP contribution in [0.2, 0.25) is 0 Å². The van der Waals surface area contributed by atoms with Crippen molar-refractivity contribution in [2.75, 3.05) is 6.61 Å². The van der Waals surface area contributed by atoms with Crippen LogP contribution in [-0.2, 0) is 4.79 Å². The SMILES string of the molecule is N#Cc1ccc(OC2CCC(NC(=O)COc3ccccc3)CC2)nc1. The van der Waals surface area contributed by atoms with E-state index in [0.29, 0.717) is 17.2 Å². The maximum atomic E-state index is 12.0. The van der Waals surface area contributed by atoms with E-state index in [2.05, 4.69) is 10.3 Å². The molecule has 0 unspecified atom stereocenters. The van der Waals surface area contributed by atoms with Crippen molar-refractivity contribution in [2.45, 2.75) is 37.8 Å². The molecule has 0 saturated heterocycles. The highest BCUT2D eigenvalue weighted by atomic mass is 16.5. The van der Waals surface area contributed by atoms with E-state index in [9.17, 15) is 4.79 Å². The summed E-state index contributed by atoms with van der Waals surface area (Å²) in [7, 11) is 0. The van der Waals surface area contributed by atoms with Crippen molar-refractivity contribution >= 4 is 5.91 Å². The van der Waals surface area contributed by atoms with E-state index in [4.69, 9.17) is 14.7 Å². The molecule has 1 aliphatic rings. The molecule has 1 aromatic heterocycles. The molecule has 0 radical (unpaired) electrons. The molecule has 3 rings (SSSR count). The van der Waals surface area contributed by atoms with Gasteiger partial charge in [0.25, 0.3) is 5.91 Å². The highest BCUT2D eigenvalue weighted by Gasteiger charge is 2.24. The van der Waals surface area contributed by atoms with Crippen LogP contribution < -0.4 is 14.8 Å². The van der Waals surface area contributed by atoms with Gasteiger partial charge in [0.15, 0.2) is 6.61 Å². The number of aromatic nitrogens is 1. The molecule has 6 nitrogen and oxygen atoms in total. The van der Waals surface area contributed by atoms with E-state index in [0.717, 1.165) is 25.7 Å². The maximum Gasteiger partial charge on any atom is 0.258 e. The molecule has 1 aromatic carbocycles. The Kier molecular flexibility index (Phi) is 6.05. The first-order valence-electron chi connectivity index (χ1n) is 8.73. The smallest absolute Gasteiger partial charge is 0.258 e. The second-order valence-electron chi connectivity index (χ2n) is 6.26. The molecule has 1 fully saturated rings. The Balaban J connectivity index is 1.37. The minimum Gasteiger partial charge on any atom is -0.484 e. The molecule has 0 bridgehead atoms. The Morgan fingerprint density at radius 3 is 2.58 bits per heavy atom. The van der Waals surface area contributed by atoms with E-state index in [1.54, 1.807) is 12.1 Å². The normalized spacial score (nSPS) is 19.2. The third kappa shape index (κ3) is 5.21. The first kappa shape index (κ1) is 17.7. The molecule has 2 aromatic rings. The Hall–Kier alpha value is -3.07. The summed E-state index contributed by atoms with van der Waals surface area (Å²) >= 11 is 0. The summed E-state index contributed by atoms with van der Waals surface area (Å²) < 4.78 is 11.3. The molecular formula is C20H21N3O3. The Labute approximate surface area is 152 Å². The lowest BCUT2D eigenvalue weighted by molar-refractivity contribution is -0.124. The molecule has 134 valence electrons. The number of benzene rings is 1. The summed E-state index contributed by atoms with van der Waals surface area (Å²) in [6, 6.07) is 14.9. The molecule has 1 heterocycles. The van der Waals surface area contributed by atoms with Gasteiger partial charge < -0.3 is 14.8 Å². The molecule has 1 saturated carbocycles. The van der Waals surface area contributed by atoms with Gasteiger partial charge in [-0.05, 0) is 43.9 Å². The van der Waals surface area contributed by atoms with E-state index in [-0.39, 0.29) is 24.7 Å². The van der Waals surface area contributed by atoms with E-state index in [1.165, 1.54) is 6.20 Å². The van der Waals surface area contributed by atoms with Gasteiger partial charge in [0.2, 0.25) is 5.88 Å². The molecule has 0 atom stereocenters. The van der Waals surface area contributed by atoms with Gasteiger partial charge in [-0.1, -0.05) is 18.2 Å². The Morgan fingerprint density at radius 1 is 1.15 bits per heavy atom. The minimum atomic E-state index is -0.105. The van der Waals surface area contributed by atoms with Crippen molar-refractivity contribution in [1.82, 2.24) is 10.3 Å². The fraction of sp³-hybridized carbons (Fsp3) is 0.350. The van der Waals surface area contributed by atoms with Gasteiger partial charge in [0.1, 0.15) is 17.9 Å². The van der Waals surface area contributed by atoms with E-state index < -0.39 is 0 Å². The summed E-state index contributed by atoms with van der Waals surface area (Å²) in [5, 5.41) is 11.8. The quantitative estimate of drug-likeness (QED) is 0.865. The standard InChI is InChI=1S/C20H21N3O3/c21-12-15-6-11-20(22-13-15)26-18-9-7-16(8-10-18)23-19(24)14-25-17-4-2-1-3-5-17/h1-6,11,13,16,18H,7-10,14H2,(H,23,24). The van der Waals surface area contributed by atoms with Gasteiger partial charge in [0, 0.05) is 18.3 Å². The largest absolute Gasteiger partial charge is 0.484 e. The van der Waals surface area contributed by atoms with Crippen LogP contribution in [0, 0.1) is 11.3 Å². The van der Waals surface area contributed by atoms with Crippen molar-refractivity contribution in [2.24, 2.45) is 0 Å². The van der Waals surface area contributed by atoms with Crippen LogP contribution in [0.4, 0.5) is 0 Å². The summed E-state index contributed by atoms with van der Waals surface area (Å²) in [6.45, 7) is 0.0234. The zero-order valence-electron chi connectivity index (χ0n) is 14.4. The number of carbonyl (C=O) groups excluding carboxylic acids is 1. The second-order valence-corrected chi connectivity index (χ2v) is 6.26. The number of hydrogen-bond donors (Lipinski definition) is 1. The van der Waals surface area contributed by atoms with Crippen LogP contribution in [0.3, 0.4) is 0 Å². The van der Waals surface area contributed by atoms with Crippen molar-refractivity contribution in [3.63, 3.8) is 0 Å². The van der Waals surface area contributed by atoms with Crippen molar-refractivity contribution in [3.8, 4) is 17.7 Å². The van der Waals surface area contributed by atoms with Gasteiger partial charge >= 0.3 is 0 Å². The summed E-state index contributed by atoms with van der Waals surface area (Å²) in [4.78, 5) is 16.1. The lowest BCUT2D eigenvalue weighted by Crippen LogP contribution is -2.41. The number of rotatable bonds is 6. The Bertz CT molecular complexity index is 748. The predicted molar refractivity (Wildman–Crippen MR) is 95.7 cm³/mol. The molecule has 6 heteroatoms. The van der Waals surface area contributed by atoms with E-state index >= 15 is 0 Å². The van der Waals surface area contributed by atoms with Crippen molar-refractivity contribution in [3.05, 3.63) is 54.2 Å². The predicted octanol–water partition coefficient (Wildman–Crippen LogP) is 2.84. The molecule has 0 aliphatic heterocycles. The van der Waals surface area contributed by atoms with Gasteiger partial charge in [-0.25, -0.2) is 4.98 Å². The number of amides is 1. The summed E-state index contributed by atoms with van der Waals surface area (Å²) in [6.07, 6.45) is 5.02. The highest BCUT2D eigenvalue weighted by molar-refractivity contribution is 5.77. The monoisotopic (exact) mass is 351 g/mol.